The van der Waals surface area contributed by atoms with Crippen molar-refractivity contribution in [2.24, 2.45) is 0 Å². The summed E-state index contributed by atoms with van der Waals surface area (Å²) in [6, 6.07) is 1.16. The van der Waals surface area contributed by atoms with Crippen molar-refractivity contribution in [1.29, 1.82) is 0 Å². The van der Waals surface area contributed by atoms with Crippen LogP contribution in [0.4, 0.5) is 11.6 Å². The Morgan fingerprint density at radius 3 is 2.67 bits per heavy atom. The van der Waals surface area contributed by atoms with Crippen molar-refractivity contribution in [2.75, 3.05) is 17.7 Å². The van der Waals surface area contributed by atoms with Gasteiger partial charge in [0.05, 0.1) is 0 Å². The topological polar surface area (TPSA) is 102 Å². The van der Waals surface area contributed by atoms with Crippen molar-refractivity contribution < 1.29 is 9.53 Å². The van der Waals surface area contributed by atoms with Crippen molar-refractivity contribution in [2.45, 2.75) is 52.8 Å². The van der Waals surface area contributed by atoms with Gasteiger partial charge in [0.15, 0.2) is 5.82 Å². The average Bonchev–Trinajstić information content (AvgIpc) is 2.33. The first-order chi connectivity index (χ1) is 9.71. The van der Waals surface area contributed by atoms with Gasteiger partial charge in [-0.2, -0.15) is 0 Å². The molecule has 1 aromatic rings. The van der Waals surface area contributed by atoms with Crippen LogP contribution in [0.5, 0.6) is 0 Å². The molecule has 0 saturated carbocycles. The number of aromatic nitrogens is 2. The first-order valence-corrected chi connectivity index (χ1v) is 7.01. The zero-order chi connectivity index (χ0) is 16.0. The normalized spacial score (nSPS) is 12.8. The molecule has 0 aliphatic rings. The maximum Gasteiger partial charge on any atom is 0.242 e. The second-order valence-electron chi connectivity index (χ2n) is 5.84. The van der Waals surface area contributed by atoms with Gasteiger partial charge in [-0.25, -0.2) is 9.97 Å². The van der Waals surface area contributed by atoms with Gasteiger partial charge in [0.25, 0.3) is 0 Å². The number of carbonyl (C=O) groups excluding carboxylic acids is 1. The lowest BCUT2D eigenvalue weighted by Crippen LogP contribution is -2.47. The van der Waals surface area contributed by atoms with Gasteiger partial charge in [0, 0.05) is 18.2 Å². The number of nitrogen functional groups attached to an aromatic ring is 1. The van der Waals surface area contributed by atoms with Gasteiger partial charge < -0.3 is 21.1 Å². The first-order valence-electron chi connectivity index (χ1n) is 7.01. The van der Waals surface area contributed by atoms with E-state index in [-0.39, 0.29) is 11.4 Å². The quantitative estimate of drug-likeness (QED) is 0.731. The fourth-order valence-corrected chi connectivity index (χ4v) is 1.61. The van der Waals surface area contributed by atoms with E-state index in [4.69, 9.17) is 10.5 Å². The second-order valence-corrected chi connectivity index (χ2v) is 5.84. The summed E-state index contributed by atoms with van der Waals surface area (Å²) < 4.78 is 5.26. The van der Waals surface area contributed by atoms with Crippen LogP contribution in [0.3, 0.4) is 0 Å². The summed E-state index contributed by atoms with van der Waals surface area (Å²) in [5.41, 5.74) is 5.46. The minimum Gasteiger partial charge on any atom is -0.384 e. The van der Waals surface area contributed by atoms with Crippen LogP contribution < -0.4 is 16.4 Å². The second kappa shape index (κ2) is 7.21. The zero-order valence-corrected chi connectivity index (χ0v) is 13.4. The van der Waals surface area contributed by atoms with Crippen molar-refractivity contribution in [3.8, 4) is 0 Å². The molecule has 7 nitrogen and oxygen atoms in total. The molecule has 118 valence electrons. The number of ether oxygens (including phenoxy) is 1. The molecule has 1 rings (SSSR count). The highest BCUT2D eigenvalue weighted by molar-refractivity contribution is 5.84. The number of nitrogens with two attached hydrogens (primary N) is 1. The van der Waals surface area contributed by atoms with Crippen LogP contribution in [0, 0.1) is 0 Å². The third-order valence-electron chi connectivity index (χ3n) is 2.48. The van der Waals surface area contributed by atoms with Crippen molar-refractivity contribution >= 4 is 17.5 Å². The molecule has 1 atom stereocenters. The van der Waals surface area contributed by atoms with E-state index in [2.05, 4.69) is 20.6 Å². The van der Waals surface area contributed by atoms with Gasteiger partial charge in [-0.15, -0.1) is 0 Å². The number of hydrogen-bond acceptors (Lipinski definition) is 6. The maximum atomic E-state index is 12.0. The highest BCUT2D eigenvalue weighted by atomic mass is 16.5. The van der Waals surface area contributed by atoms with E-state index < -0.39 is 6.04 Å². The molecule has 0 fully saturated rings. The Morgan fingerprint density at radius 2 is 2.10 bits per heavy atom. The fraction of sp³-hybridized carbons (Fsp3) is 0.643. The molecule has 0 bridgehead atoms. The summed E-state index contributed by atoms with van der Waals surface area (Å²) in [6.45, 7) is 10.3. The van der Waals surface area contributed by atoms with Gasteiger partial charge in [-0.05, 0) is 34.6 Å². The SMILES string of the molecule is CCOCc1nc(N)cc(NC(C)C(=O)NC(C)(C)C)n1. The van der Waals surface area contributed by atoms with Crippen LogP contribution in [-0.4, -0.2) is 34.1 Å². The van der Waals surface area contributed by atoms with Gasteiger partial charge in [-0.3, -0.25) is 4.79 Å². The lowest BCUT2D eigenvalue weighted by atomic mass is 10.1. The average molecular weight is 295 g/mol. The lowest BCUT2D eigenvalue weighted by molar-refractivity contribution is -0.122. The van der Waals surface area contributed by atoms with Crippen LogP contribution in [0.15, 0.2) is 6.07 Å². The van der Waals surface area contributed by atoms with Crippen LogP contribution in [0.1, 0.15) is 40.4 Å². The number of nitrogens with zero attached hydrogens (tertiary/aromatic N) is 2. The smallest absolute Gasteiger partial charge is 0.242 e. The van der Waals surface area contributed by atoms with E-state index in [1.165, 1.54) is 0 Å². The van der Waals surface area contributed by atoms with Gasteiger partial charge >= 0.3 is 0 Å². The molecule has 1 heterocycles. The molecular formula is C14H25N5O2. The van der Waals surface area contributed by atoms with E-state index in [1.807, 2.05) is 27.7 Å². The predicted octanol–water partition coefficient (Wildman–Crippen LogP) is 1.31. The van der Waals surface area contributed by atoms with Gasteiger partial charge in [-0.1, -0.05) is 0 Å². The summed E-state index contributed by atoms with van der Waals surface area (Å²) in [4.78, 5) is 20.4. The van der Waals surface area contributed by atoms with Crippen molar-refractivity contribution in [1.82, 2.24) is 15.3 Å². The molecule has 0 radical (unpaired) electrons. The van der Waals surface area contributed by atoms with Crippen molar-refractivity contribution in [3.05, 3.63) is 11.9 Å². The minimum absolute atomic E-state index is 0.106. The van der Waals surface area contributed by atoms with Crippen LogP contribution in [0.2, 0.25) is 0 Å². The molecule has 1 unspecified atom stereocenters. The molecule has 0 spiro atoms. The first kappa shape index (κ1) is 17.2. The van der Waals surface area contributed by atoms with Crippen LogP contribution >= 0.6 is 0 Å². The Hall–Kier alpha value is -1.89. The Bertz CT molecular complexity index is 485. The lowest BCUT2D eigenvalue weighted by Gasteiger charge is -2.24. The Kier molecular flexibility index (Phi) is 5.90. The third-order valence-corrected chi connectivity index (χ3v) is 2.48. The Labute approximate surface area is 125 Å². The van der Waals surface area contributed by atoms with Crippen LogP contribution in [0.25, 0.3) is 0 Å². The summed E-state index contributed by atoms with van der Waals surface area (Å²) in [7, 11) is 0. The Morgan fingerprint density at radius 1 is 1.43 bits per heavy atom. The summed E-state index contributed by atoms with van der Waals surface area (Å²) >= 11 is 0. The molecule has 21 heavy (non-hydrogen) atoms. The molecule has 4 N–H and O–H groups in total. The molecule has 0 saturated heterocycles. The standard InChI is InChI=1S/C14H25N5O2/c1-6-21-8-12-17-10(15)7-11(18-12)16-9(2)13(20)19-14(3,4)5/h7,9H,6,8H2,1-5H3,(H,19,20)(H3,15,16,17,18). The predicted molar refractivity (Wildman–Crippen MR) is 82.8 cm³/mol. The number of anilines is 2. The number of carbonyl (C=O) groups is 1. The van der Waals surface area contributed by atoms with Gasteiger partial charge in [0.1, 0.15) is 24.3 Å². The van der Waals surface area contributed by atoms with E-state index in [9.17, 15) is 4.79 Å². The highest BCUT2D eigenvalue weighted by Crippen LogP contribution is 2.11. The number of amides is 1. The fourth-order valence-electron chi connectivity index (χ4n) is 1.61. The number of rotatable bonds is 6. The molecule has 0 aliphatic carbocycles. The molecule has 7 heteroatoms. The molecule has 1 aromatic heterocycles. The number of hydrogen-bond donors (Lipinski definition) is 3. The monoisotopic (exact) mass is 295 g/mol. The highest BCUT2D eigenvalue weighted by Gasteiger charge is 2.19. The summed E-state index contributed by atoms with van der Waals surface area (Å²) in [6.07, 6.45) is 0. The van der Waals surface area contributed by atoms with Gasteiger partial charge in [0.2, 0.25) is 5.91 Å². The van der Waals surface area contributed by atoms with E-state index in [1.54, 1.807) is 13.0 Å². The van der Waals surface area contributed by atoms with E-state index in [0.717, 1.165) is 0 Å². The summed E-state index contributed by atoms with van der Waals surface area (Å²) in [5.74, 6) is 1.23. The van der Waals surface area contributed by atoms with Crippen LogP contribution in [-0.2, 0) is 16.1 Å². The minimum atomic E-state index is -0.432. The molecule has 1 amide bonds. The largest absolute Gasteiger partial charge is 0.384 e. The van der Waals surface area contributed by atoms with E-state index in [0.29, 0.717) is 30.7 Å². The molecule has 0 aliphatic heterocycles. The maximum absolute atomic E-state index is 12.0. The summed E-state index contributed by atoms with van der Waals surface area (Å²) in [5, 5.41) is 5.93. The Balaban J connectivity index is 2.73. The van der Waals surface area contributed by atoms with E-state index >= 15 is 0 Å². The van der Waals surface area contributed by atoms with Crippen molar-refractivity contribution in [3.63, 3.8) is 0 Å². The third kappa shape index (κ3) is 6.40. The molecular weight excluding hydrogens is 270 g/mol. The molecule has 0 aromatic carbocycles. The number of nitrogens with one attached hydrogen (secondary N) is 2. The zero-order valence-electron chi connectivity index (χ0n) is 13.4.